The van der Waals surface area contributed by atoms with Gasteiger partial charge in [-0.2, -0.15) is 0 Å². The van der Waals surface area contributed by atoms with Gasteiger partial charge in [0.25, 0.3) is 0 Å². The van der Waals surface area contributed by atoms with Gasteiger partial charge in [-0.05, 0) is 12.1 Å². The summed E-state index contributed by atoms with van der Waals surface area (Å²) < 4.78 is 3.10. The third-order valence-electron chi connectivity index (χ3n) is 0.909. The zero-order valence-corrected chi connectivity index (χ0v) is 7.42. The summed E-state index contributed by atoms with van der Waals surface area (Å²) in [6, 6.07) is 9.31. The van der Waals surface area contributed by atoms with Crippen LogP contribution in [0, 0.1) is 0 Å². The maximum atomic E-state index is 4.99. The van der Waals surface area contributed by atoms with Crippen LogP contribution in [0.3, 0.4) is 0 Å². The fourth-order valence-corrected chi connectivity index (χ4v) is 0.626. The van der Waals surface area contributed by atoms with Crippen LogP contribution in [0.15, 0.2) is 40.1 Å². The van der Waals surface area contributed by atoms with Crippen LogP contribution in [0.2, 0.25) is 0 Å². The van der Waals surface area contributed by atoms with Gasteiger partial charge in [-0.15, -0.1) is 5.11 Å². The van der Waals surface area contributed by atoms with Crippen LogP contribution in [0.5, 0.6) is 0 Å². The molecule has 0 saturated heterocycles. The summed E-state index contributed by atoms with van der Waals surface area (Å²) in [6.45, 7) is 4.00. The van der Waals surface area contributed by atoms with Gasteiger partial charge in [-0.25, -0.2) is 0 Å². The minimum absolute atomic E-state index is 0.771. The molecule has 0 atom stereocenters. The number of halogens is 1. The second-order valence-corrected chi connectivity index (χ2v) is 1.66. The molecule has 2 nitrogen and oxygen atoms in total. The summed E-state index contributed by atoms with van der Waals surface area (Å²) >= 11 is 4.99. The lowest BCUT2D eigenvalue weighted by Crippen LogP contribution is -1.57. The van der Waals surface area contributed by atoms with Crippen molar-refractivity contribution in [3.8, 4) is 0 Å². The summed E-state index contributed by atoms with van der Waals surface area (Å²) in [4.78, 5) is 0. The highest BCUT2D eigenvalue weighted by molar-refractivity contribution is 6.14. The fraction of sp³-hybridized carbons (Fsp3) is 0.250. The van der Waals surface area contributed by atoms with E-state index in [-0.39, 0.29) is 0 Å². The van der Waals surface area contributed by atoms with Crippen molar-refractivity contribution in [3.05, 3.63) is 30.3 Å². The van der Waals surface area contributed by atoms with E-state index in [1.165, 1.54) is 0 Å². The normalized spacial score (nSPS) is 9.00. The Morgan fingerprint density at radius 1 is 1.09 bits per heavy atom. The molecule has 0 amide bonds. The van der Waals surface area contributed by atoms with Gasteiger partial charge in [0.1, 0.15) is 0 Å². The molecular weight excluding hydrogens is 160 g/mol. The van der Waals surface area contributed by atoms with E-state index in [1.807, 2.05) is 44.2 Å². The summed E-state index contributed by atoms with van der Waals surface area (Å²) in [5.74, 6) is 0. The van der Waals surface area contributed by atoms with E-state index >= 15 is 0 Å². The van der Waals surface area contributed by atoms with E-state index in [9.17, 15) is 0 Å². The van der Waals surface area contributed by atoms with Crippen LogP contribution in [-0.2, 0) is 0 Å². The van der Waals surface area contributed by atoms with E-state index in [0.29, 0.717) is 0 Å². The maximum absolute atomic E-state index is 4.99. The minimum Gasteiger partial charge on any atom is -0.138 e. The van der Waals surface area contributed by atoms with Crippen molar-refractivity contribution in [3.63, 3.8) is 0 Å². The van der Waals surface area contributed by atoms with Crippen LogP contribution < -0.4 is 0 Å². The lowest BCUT2D eigenvalue weighted by Gasteiger charge is -1.84. The molecule has 0 aliphatic heterocycles. The van der Waals surface area contributed by atoms with Gasteiger partial charge in [-0.1, -0.05) is 36.7 Å². The number of nitrogens with zero attached hydrogens (tertiary/aromatic N) is 2. The Morgan fingerprint density at radius 2 is 1.64 bits per heavy atom. The first kappa shape index (κ1) is 10.1. The van der Waals surface area contributed by atoms with Gasteiger partial charge in [0.05, 0.1) is 17.5 Å². The highest BCUT2D eigenvalue weighted by Crippen LogP contribution is 2.09. The average Bonchev–Trinajstić information content (AvgIpc) is 2.11. The SMILES string of the molecule is CC.ClN=Nc1ccccc1. The molecule has 0 spiro atoms. The highest BCUT2D eigenvalue weighted by Gasteiger charge is 1.80. The van der Waals surface area contributed by atoms with Crippen molar-refractivity contribution in [1.29, 1.82) is 0 Å². The standard InChI is InChI=1S/C6H5ClN2.C2H6/c7-9-8-6-4-2-1-3-5-6;1-2/h1-5H;1-2H3. The van der Waals surface area contributed by atoms with Crippen LogP contribution in [0.1, 0.15) is 13.8 Å². The van der Waals surface area contributed by atoms with Crippen molar-refractivity contribution in [2.24, 2.45) is 9.75 Å². The van der Waals surface area contributed by atoms with Gasteiger partial charge < -0.3 is 0 Å². The smallest absolute Gasteiger partial charge is 0.0868 e. The fourth-order valence-electron chi connectivity index (χ4n) is 0.538. The molecule has 0 heterocycles. The van der Waals surface area contributed by atoms with E-state index in [0.717, 1.165) is 5.69 Å². The molecule has 3 heteroatoms. The molecule has 0 radical (unpaired) electrons. The number of rotatable bonds is 1. The van der Waals surface area contributed by atoms with Crippen molar-refractivity contribution >= 4 is 17.5 Å². The molecule has 0 bridgehead atoms. The largest absolute Gasteiger partial charge is 0.138 e. The Kier molecular flexibility index (Phi) is 6.64. The van der Waals surface area contributed by atoms with Gasteiger partial charge >= 0.3 is 0 Å². The van der Waals surface area contributed by atoms with Gasteiger partial charge in [0.2, 0.25) is 0 Å². The quantitative estimate of drug-likeness (QED) is 0.571. The molecule has 0 saturated carbocycles. The molecular formula is C8H11ClN2. The van der Waals surface area contributed by atoms with Crippen molar-refractivity contribution < 1.29 is 0 Å². The molecule has 11 heavy (non-hydrogen) atoms. The number of hydrogen-bond donors (Lipinski definition) is 0. The Bertz CT molecular complexity index is 197. The van der Waals surface area contributed by atoms with Crippen molar-refractivity contribution in [2.45, 2.75) is 13.8 Å². The molecule has 60 valence electrons. The number of hydrogen-bond acceptors (Lipinski definition) is 2. The second-order valence-electron chi connectivity index (χ2n) is 1.51. The third kappa shape index (κ3) is 4.51. The Labute approximate surface area is 72.0 Å². The minimum atomic E-state index is 0.771. The summed E-state index contributed by atoms with van der Waals surface area (Å²) in [7, 11) is 0. The van der Waals surface area contributed by atoms with Crippen LogP contribution in [-0.4, -0.2) is 0 Å². The van der Waals surface area contributed by atoms with E-state index in [1.54, 1.807) is 0 Å². The van der Waals surface area contributed by atoms with Crippen LogP contribution in [0.4, 0.5) is 5.69 Å². The van der Waals surface area contributed by atoms with Crippen LogP contribution >= 0.6 is 11.8 Å². The molecule has 0 aliphatic rings. The first-order valence-corrected chi connectivity index (χ1v) is 3.84. The Balaban J connectivity index is 0.000000461. The summed E-state index contributed by atoms with van der Waals surface area (Å²) in [5.41, 5.74) is 0.771. The summed E-state index contributed by atoms with van der Waals surface area (Å²) in [6.07, 6.45) is 0. The third-order valence-corrected chi connectivity index (χ3v) is 0.985. The van der Waals surface area contributed by atoms with E-state index in [4.69, 9.17) is 11.8 Å². The molecule has 0 unspecified atom stereocenters. The first-order chi connectivity index (χ1) is 5.43. The lowest BCUT2D eigenvalue weighted by atomic mass is 10.3. The molecule has 0 aliphatic carbocycles. The Morgan fingerprint density at radius 3 is 2.09 bits per heavy atom. The molecule has 0 N–H and O–H groups in total. The first-order valence-electron chi connectivity index (χ1n) is 3.50. The molecule has 1 rings (SSSR count). The predicted molar refractivity (Wildman–Crippen MR) is 48.2 cm³/mol. The molecule has 0 fully saturated rings. The summed E-state index contributed by atoms with van der Waals surface area (Å²) in [5, 5.41) is 3.60. The second kappa shape index (κ2) is 7.22. The van der Waals surface area contributed by atoms with Crippen molar-refractivity contribution in [2.75, 3.05) is 0 Å². The van der Waals surface area contributed by atoms with Crippen molar-refractivity contribution in [1.82, 2.24) is 0 Å². The molecule has 0 aromatic heterocycles. The number of benzene rings is 1. The topological polar surface area (TPSA) is 24.7 Å². The van der Waals surface area contributed by atoms with Gasteiger partial charge in [0, 0.05) is 0 Å². The molecule has 1 aromatic carbocycles. The van der Waals surface area contributed by atoms with E-state index < -0.39 is 0 Å². The van der Waals surface area contributed by atoms with Gasteiger partial charge in [-0.3, -0.25) is 0 Å². The van der Waals surface area contributed by atoms with E-state index in [2.05, 4.69) is 9.75 Å². The average molecular weight is 171 g/mol. The van der Waals surface area contributed by atoms with Crippen LogP contribution in [0.25, 0.3) is 0 Å². The predicted octanol–water partition coefficient (Wildman–Crippen LogP) is 3.95. The molecule has 1 aromatic rings. The van der Waals surface area contributed by atoms with Gasteiger partial charge in [0.15, 0.2) is 0 Å². The zero-order valence-electron chi connectivity index (χ0n) is 6.66. The monoisotopic (exact) mass is 170 g/mol. The lowest BCUT2D eigenvalue weighted by molar-refractivity contribution is 1.33. The zero-order chi connectivity index (χ0) is 8.53. The highest BCUT2D eigenvalue weighted by atomic mass is 35.5. The maximum Gasteiger partial charge on any atom is 0.0868 e. The Hall–Kier alpha value is -0.890.